The Balaban J connectivity index is 0.941. The molecule has 12 rings (SSSR count). The zero-order valence-corrected chi connectivity index (χ0v) is 33.3. The molecule has 0 spiro atoms. The summed E-state index contributed by atoms with van der Waals surface area (Å²) in [5, 5.41) is 11.1. The number of hydrogen-bond acceptors (Lipinski definition) is 1. The van der Waals surface area contributed by atoms with Crippen LogP contribution in [0.1, 0.15) is 0 Å². The summed E-state index contributed by atoms with van der Waals surface area (Å²) in [6.07, 6.45) is 0. The van der Waals surface area contributed by atoms with Gasteiger partial charge in [0, 0.05) is 16.5 Å². The zero-order chi connectivity index (χ0) is 40.3. The van der Waals surface area contributed by atoms with Crippen molar-refractivity contribution in [2.45, 2.75) is 0 Å². The lowest BCUT2D eigenvalue weighted by Crippen LogP contribution is -1.91. The topological polar surface area (TPSA) is 13.1 Å². The molecule has 0 aliphatic carbocycles. The van der Waals surface area contributed by atoms with Gasteiger partial charge in [-0.15, -0.1) is 0 Å². The van der Waals surface area contributed by atoms with E-state index >= 15 is 0 Å². The van der Waals surface area contributed by atoms with E-state index in [0.717, 1.165) is 44.5 Å². The molecule has 284 valence electrons. The first-order valence-electron chi connectivity index (χ1n) is 21.0. The molecule has 0 aliphatic heterocycles. The first kappa shape index (κ1) is 35.0. The molecule has 0 bridgehead atoms. The number of hydrogen-bond donors (Lipinski definition) is 0. The van der Waals surface area contributed by atoms with Gasteiger partial charge in [-0.1, -0.05) is 206 Å². The fourth-order valence-corrected chi connectivity index (χ4v) is 9.59. The summed E-state index contributed by atoms with van der Waals surface area (Å²) in [5.41, 5.74) is 14.0. The van der Waals surface area contributed by atoms with E-state index in [9.17, 15) is 0 Å². The minimum absolute atomic E-state index is 0.883. The summed E-state index contributed by atoms with van der Waals surface area (Å²) in [7, 11) is 0. The van der Waals surface area contributed by atoms with Crippen LogP contribution in [0.3, 0.4) is 0 Å². The van der Waals surface area contributed by atoms with Crippen molar-refractivity contribution < 1.29 is 4.42 Å². The van der Waals surface area contributed by atoms with E-state index in [-0.39, 0.29) is 0 Å². The van der Waals surface area contributed by atoms with E-state index in [1.54, 1.807) is 0 Å². The summed E-state index contributed by atoms with van der Waals surface area (Å²) in [4.78, 5) is 0. The monoisotopic (exact) mass is 774 g/mol. The molecule has 0 saturated heterocycles. The predicted octanol–water partition coefficient (Wildman–Crippen LogP) is 17.0. The SMILES string of the molecule is c1ccc(-c2oc3cc(-c4ccc5cc(-c6c7ccccc7c(-c7ccc(-c8cccc9ccccc89)cc7)c7ccccc67)ccc5c4)ccc3c2-c2ccccc2)cc1. The van der Waals surface area contributed by atoms with Gasteiger partial charge in [-0.05, 0) is 117 Å². The molecule has 1 aromatic heterocycles. The number of rotatable bonds is 6. The Morgan fingerprint density at radius 2 is 0.689 bits per heavy atom. The quantitative estimate of drug-likeness (QED) is 0.153. The fourth-order valence-electron chi connectivity index (χ4n) is 9.59. The molecular formula is C60H38O. The summed E-state index contributed by atoms with van der Waals surface area (Å²) in [6, 6.07) is 83.5. The van der Waals surface area contributed by atoms with Crippen molar-refractivity contribution in [1.82, 2.24) is 0 Å². The number of fused-ring (bicyclic) bond motifs is 5. The smallest absolute Gasteiger partial charge is 0.143 e. The summed E-state index contributed by atoms with van der Waals surface area (Å²) < 4.78 is 6.70. The Hall–Kier alpha value is -8.00. The molecule has 11 aromatic carbocycles. The molecule has 12 aromatic rings. The van der Waals surface area contributed by atoms with Gasteiger partial charge in [0.05, 0.1) is 0 Å². The maximum absolute atomic E-state index is 6.70. The number of furan rings is 1. The molecule has 1 heteroatoms. The van der Waals surface area contributed by atoms with Gasteiger partial charge in [-0.2, -0.15) is 0 Å². The van der Waals surface area contributed by atoms with Crippen LogP contribution in [-0.2, 0) is 0 Å². The second-order valence-corrected chi connectivity index (χ2v) is 16.0. The lowest BCUT2D eigenvalue weighted by atomic mass is 9.85. The summed E-state index contributed by atoms with van der Waals surface area (Å²) in [5.74, 6) is 0.896. The second-order valence-electron chi connectivity index (χ2n) is 16.0. The van der Waals surface area contributed by atoms with Crippen molar-refractivity contribution in [3.63, 3.8) is 0 Å². The van der Waals surface area contributed by atoms with E-state index in [1.807, 2.05) is 6.07 Å². The fraction of sp³-hybridized carbons (Fsp3) is 0. The molecule has 0 atom stereocenters. The maximum atomic E-state index is 6.70. The van der Waals surface area contributed by atoms with Crippen LogP contribution in [0.15, 0.2) is 235 Å². The van der Waals surface area contributed by atoms with E-state index in [1.165, 1.54) is 76.5 Å². The van der Waals surface area contributed by atoms with Crippen molar-refractivity contribution in [3.05, 3.63) is 231 Å². The van der Waals surface area contributed by atoms with Crippen LogP contribution in [0.25, 0.3) is 121 Å². The van der Waals surface area contributed by atoms with Crippen molar-refractivity contribution >= 4 is 54.1 Å². The lowest BCUT2D eigenvalue weighted by Gasteiger charge is -2.18. The van der Waals surface area contributed by atoms with Crippen LogP contribution in [0.4, 0.5) is 0 Å². The normalized spacial score (nSPS) is 11.6. The third kappa shape index (κ3) is 5.93. The molecular weight excluding hydrogens is 737 g/mol. The van der Waals surface area contributed by atoms with Gasteiger partial charge in [0.1, 0.15) is 11.3 Å². The third-order valence-electron chi connectivity index (χ3n) is 12.5. The molecule has 0 unspecified atom stereocenters. The van der Waals surface area contributed by atoms with Crippen LogP contribution in [0, 0.1) is 0 Å². The van der Waals surface area contributed by atoms with Crippen LogP contribution in [-0.4, -0.2) is 0 Å². The van der Waals surface area contributed by atoms with E-state index in [4.69, 9.17) is 4.42 Å². The van der Waals surface area contributed by atoms with Gasteiger partial charge in [0.25, 0.3) is 0 Å². The highest BCUT2D eigenvalue weighted by Gasteiger charge is 2.20. The van der Waals surface area contributed by atoms with Crippen molar-refractivity contribution in [3.8, 4) is 67.0 Å². The highest BCUT2D eigenvalue weighted by molar-refractivity contribution is 6.22. The van der Waals surface area contributed by atoms with Gasteiger partial charge in [0.2, 0.25) is 0 Å². The Bertz CT molecular complexity index is 3550. The lowest BCUT2D eigenvalue weighted by molar-refractivity contribution is 0.632. The van der Waals surface area contributed by atoms with Gasteiger partial charge in [-0.25, -0.2) is 0 Å². The molecule has 61 heavy (non-hydrogen) atoms. The third-order valence-corrected chi connectivity index (χ3v) is 12.5. The van der Waals surface area contributed by atoms with E-state index < -0.39 is 0 Å². The molecule has 1 heterocycles. The van der Waals surface area contributed by atoms with Crippen molar-refractivity contribution in [1.29, 1.82) is 0 Å². The summed E-state index contributed by atoms with van der Waals surface area (Å²) in [6.45, 7) is 0. The Labute approximate surface area is 354 Å². The molecule has 0 N–H and O–H groups in total. The first-order valence-corrected chi connectivity index (χ1v) is 21.0. The highest BCUT2D eigenvalue weighted by atomic mass is 16.3. The molecule has 1 nitrogen and oxygen atoms in total. The van der Waals surface area contributed by atoms with Gasteiger partial charge < -0.3 is 4.42 Å². The Kier molecular flexibility index (Phi) is 8.25. The second kappa shape index (κ2) is 14.4. The average molecular weight is 775 g/mol. The molecule has 0 saturated carbocycles. The van der Waals surface area contributed by atoms with Gasteiger partial charge in [0.15, 0.2) is 0 Å². The molecule has 0 amide bonds. The molecule has 0 aliphatic rings. The largest absolute Gasteiger partial charge is 0.455 e. The van der Waals surface area contributed by atoms with Gasteiger partial charge in [-0.3, -0.25) is 0 Å². The van der Waals surface area contributed by atoms with Crippen LogP contribution in [0.2, 0.25) is 0 Å². The van der Waals surface area contributed by atoms with E-state index in [0.29, 0.717) is 0 Å². The van der Waals surface area contributed by atoms with Crippen LogP contribution >= 0.6 is 0 Å². The number of benzene rings is 11. The molecule has 0 fully saturated rings. The van der Waals surface area contributed by atoms with Crippen LogP contribution < -0.4 is 0 Å². The standard InChI is InChI=1S/C60H38O/c1-3-15-41(16-4-1)59-55-35-34-47(38-56(55)61-60(59)43-17-5-2-6-18-43)45-30-31-46-37-48(33-32-44(46)36-45)58-53-23-11-9-21-51(53)57(52-22-10-12-24-54(52)58)42-28-26-40(27-29-42)50-25-13-19-39-14-7-8-20-49(39)50/h1-38H. The predicted molar refractivity (Wildman–Crippen MR) is 259 cm³/mol. The zero-order valence-electron chi connectivity index (χ0n) is 33.3. The first-order chi connectivity index (χ1) is 30.2. The maximum Gasteiger partial charge on any atom is 0.143 e. The van der Waals surface area contributed by atoms with Crippen molar-refractivity contribution in [2.75, 3.05) is 0 Å². The van der Waals surface area contributed by atoms with Crippen LogP contribution in [0.5, 0.6) is 0 Å². The minimum Gasteiger partial charge on any atom is -0.455 e. The highest BCUT2D eigenvalue weighted by Crippen LogP contribution is 2.46. The summed E-state index contributed by atoms with van der Waals surface area (Å²) >= 11 is 0. The van der Waals surface area contributed by atoms with E-state index in [2.05, 4.69) is 224 Å². The Morgan fingerprint density at radius 1 is 0.230 bits per heavy atom. The average Bonchev–Trinajstić information content (AvgIpc) is 3.72. The molecule has 0 radical (unpaired) electrons. The Morgan fingerprint density at radius 3 is 1.36 bits per heavy atom. The van der Waals surface area contributed by atoms with Crippen molar-refractivity contribution in [2.24, 2.45) is 0 Å². The van der Waals surface area contributed by atoms with Gasteiger partial charge >= 0.3 is 0 Å². The minimum atomic E-state index is 0.883.